The maximum atomic E-state index is 14.9. The zero-order valence-corrected chi connectivity index (χ0v) is 16.3. The van der Waals surface area contributed by atoms with Crippen molar-refractivity contribution in [3.05, 3.63) is 71.2 Å². The van der Waals surface area contributed by atoms with E-state index >= 15 is 0 Å². The molecule has 12 heteroatoms. The summed E-state index contributed by atoms with van der Waals surface area (Å²) in [6, 6.07) is 4.20. The molecule has 2 heterocycles. The molecule has 4 N–H and O–H groups in total. The van der Waals surface area contributed by atoms with Crippen molar-refractivity contribution in [2.45, 2.75) is 13.0 Å². The Morgan fingerprint density at radius 1 is 1.09 bits per heavy atom. The molecule has 1 unspecified atom stereocenters. The number of nitrogen functional groups attached to an aromatic ring is 1. The van der Waals surface area contributed by atoms with Crippen molar-refractivity contribution >= 4 is 28.4 Å². The van der Waals surface area contributed by atoms with Gasteiger partial charge in [-0.1, -0.05) is 0 Å². The van der Waals surface area contributed by atoms with Gasteiger partial charge in [0.25, 0.3) is 5.91 Å². The van der Waals surface area contributed by atoms with Crippen molar-refractivity contribution in [3.8, 4) is 5.69 Å². The van der Waals surface area contributed by atoms with Crippen molar-refractivity contribution in [1.82, 2.24) is 19.7 Å². The number of benzene rings is 2. The van der Waals surface area contributed by atoms with Gasteiger partial charge >= 0.3 is 0 Å². The summed E-state index contributed by atoms with van der Waals surface area (Å²) in [5.41, 5.74) is 5.42. The first-order chi connectivity index (χ1) is 15.2. The minimum absolute atomic E-state index is 0.00163. The van der Waals surface area contributed by atoms with Crippen LogP contribution in [-0.4, -0.2) is 30.8 Å². The first kappa shape index (κ1) is 21.2. The van der Waals surface area contributed by atoms with Crippen LogP contribution in [0.2, 0.25) is 0 Å². The maximum absolute atomic E-state index is 14.9. The molecule has 0 saturated heterocycles. The molecule has 4 aromatic rings. The highest BCUT2D eigenvalue weighted by Crippen LogP contribution is 2.29. The van der Waals surface area contributed by atoms with E-state index in [-0.39, 0.29) is 17.0 Å². The summed E-state index contributed by atoms with van der Waals surface area (Å²) in [6.07, 6.45) is -0.820. The Labute approximate surface area is 177 Å². The van der Waals surface area contributed by atoms with E-state index in [1.165, 1.54) is 6.33 Å². The summed E-state index contributed by atoms with van der Waals surface area (Å²) in [7, 11) is 0. The minimum atomic E-state index is -2.03. The standard InChI is InChI=1S/C20H14F4N6O2/c1-8-16-17(19(25)27-7-26-16)30(29-8)13-3-2-12(14(23)15(13)24)28-20(32)18(31)9-4-10(21)6-11(22)5-9/h2-7,18,31H,1H3,(H,28,32)(H2,25,26,27). The van der Waals surface area contributed by atoms with Crippen LogP contribution in [0.15, 0.2) is 36.7 Å². The number of nitrogens with zero attached hydrogens (tertiary/aromatic N) is 4. The van der Waals surface area contributed by atoms with Gasteiger partial charge in [-0.2, -0.15) is 5.10 Å². The van der Waals surface area contributed by atoms with E-state index in [4.69, 9.17) is 5.73 Å². The third-order valence-electron chi connectivity index (χ3n) is 4.65. The topological polar surface area (TPSA) is 119 Å². The van der Waals surface area contributed by atoms with Gasteiger partial charge in [0, 0.05) is 6.07 Å². The number of carbonyl (C=O) groups excluding carboxylic acids is 1. The van der Waals surface area contributed by atoms with Gasteiger partial charge in [-0.05, 0) is 36.8 Å². The summed E-state index contributed by atoms with van der Waals surface area (Å²) in [6.45, 7) is 1.60. The largest absolute Gasteiger partial charge is 0.382 e. The molecule has 4 rings (SSSR count). The zero-order valence-electron chi connectivity index (χ0n) is 16.3. The van der Waals surface area contributed by atoms with Crippen LogP contribution in [0.3, 0.4) is 0 Å². The lowest BCUT2D eigenvalue weighted by Gasteiger charge is -2.14. The Bertz CT molecular complexity index is 1350. The molecule has 0 aliphatic rings. The highest BCUT2D eigenvalue weighted by Gasteiger charge is 2.24. The molecule has 2 aromatic heterocycles. The van der Waals surface area contributed by atoms with Crippen molar-refractivity contribution in [3.63, 3.8) is 0 Å². The van der Waals surface area contributed by atoms with Crippen molar-refractivity contribution in [2.24, 2.45) is 0 Å². The molecule has 32 heavy (non-hydrogen) atoms. The quantitative estimate of drug-likeness (QED) is 0.415. The average molecular weight is 446 g/mol. The minimum Gasteiger partial charge on any atom is -0.382 e. The number of halogens is 4. The van der Waals surface area contributed by atoms with Gasteiger partial charge < -0.3 is 16.2 Å². The van der Waals surface area contributed by atoms with Crippen LogP contribution in [0.4, 0.5) is 29.1 Å². The van der Waals surface area contributed by atoms with Crippen LogP contribution in [-0.2, 0) is 4.79 Å². The number of rotatable bonds is 4. The molecule has 0 aliphatic carbocycles. The van der Waals surface area contributed by atoms with Crippen LogP contribution in [0, 0.1) is 30.2 Å². The first-order valence-corrected chi connectivity index (χ1v) is 9.06. The molecule has 2 aromatic carbocycles. The molecule has 164 valence electrons. The number of anilines is 2. The zero-order chi connectivity index (χ0) is 23.2. The SMILES string of the molecule is Cc1nn(-c2ccc(NC(=O)C(O)c3cc(F)cc(F)c3)c(F)c2F)c2c(N)ncnc12. The van der Waals surface area contributed by atoms with Crippen molar-refractivity contribution < 1.29 is 27.5 Å². The second-order valence-electron chi connectivity index (χ2n) is 6.81. The van der Waals surface area contributed by atoms with Gasteiger partial charge in [-0.15, -0.1) is 0 Å². The lowest BCUT2D eigenvalue weighted by atomic mass is 10.1. The highest BCUT2D eigenvalue weighted by molar-refractivity contribution is 5.95. The molecular weight excluding hydrogens is 432 g/mol. The monoisotopic (exact) mass is 446 g/mol. The van der Waals surface area contributed by atoms with Gasteiger partial charge in [0.1, 0.15) is 34.7 Å². The lowest BCUT2D eigenvalue weighted by molar-refractivity contribution is -0.124. The first-order valence-electron chi connectivity index (χ1n) is 9.06. The number of nitrogens with one attached hydrogen (secondary N) is 1. The van der Waals surface area contributed by atoms with E-state index in [1.807, 2.05) is 5.32 Å². The fraction of sp³-hybridized carbons (Fsp3) is 0.100. The number of aliphatic hydroxyl groups is 1. The van der Waals surface area contributed by atoms with Crippen LogP contribution < -0.4 is 11.1 Å². The predicted molar refractivity (Wildman–Crippen MR) is 106 cm³/mol. The van der Waals surface area contributed by atoms with E-state index in [0.29, 0.717) is 17.3 Å². The second-order valence-corrected chi connectivity index (χ2v) is 6.81. The Morgan fingerprint density at radius 2 is 1.78 bits per heavy atom. The number of hydrogen-bond acceptors (Lipinski definition) is 6. The Hall–Kier alpha value is -4.06. The van der Waals surface area contributed by atoms with Crippen molar-refractivity contribution in [2.75, 3.05) is 11.1 Å². The molecule has 0 radical (unpaired) electrons. The van der Waals surface area contributed by atoms with Gasteiger partial charge in [-0.25, -0.2) is 32.2 Å². The normalized spacial score (nSPS) is 12.2. The lowest BCUT2D eigenvalue weighted by Crippen LogP contribution is -2.22. The molecule has 8 nitrogen and oxygen atoms in total. The van der Waals surface area contributed by atoms with Crippen LogP contribution in [0.1, 0.15) is 17.4 Å². The highest BCUT2D eigenvalue weighted by atomic mass is 19.2. The summed E-state index contributed by atoms with van der Waals surface area (Å²) in [5, 5.41) is 16.2. The molecule has 0 aliphatic heterocycles. The van der Waals surface area contributed by atoms with E-state index in [9.17, 15) is 27.5 Å². The number of fused-ring (bicyclic) bond motifs is 1. The van der Waals surface area contributed by atoms with Gasteiger partial charge in [0.05, 0.1) is 11.4 Å². The van der Waals surface area contributed by atoms with Crippen molar-refractivity contribution in [1.29, 1.82) is 0 Å². The van der Waals surface area contributed by atoms with E-state index in [1.54, 1.807) is 6.92 Å². The van der Waals surface area contributed by atoms with E-state index in [2.05, 4.69) is 15.1 Å². The Kier molecular flexibility index (Phi) is 5.22. The van der Waals surface area contributed by atoms with E-state index in [0.717, 1.165) is 28.9 Å². The maximum Gasteiger partial charge on any atom is 0.257 e. The molecule has 0 spiro atoms. The fourth-order valence-electron chi connectivity index (χ4n) is 3.17. The van der Waals surface area contributed by atoms with E-state index < -0.39 is 46.5 Å². The van der Waals surface area contributed by atoms with Crippen LogP contribution in [0.5, 0.6) is 0 Å². The number of aromatic nitrogens is 4. The third kappa shape index (κ3) is 3.60. The number of carbonyl (C=O) groups is 1. The molecular formula is C20H14F4N6O2. The van der Waals surface area contributed by atoms with Crippen LogP contribution in [0.25, 0.3) is 16.7 Å². The Morgan fingerprint density at radius 3 is 2.47 bits per heavy atom. The predicted octanol–water partition coefficient (Wildman–Crippen LogP) is 2.93. The number of aryl methyl sites for hydroxylation is 1. The van der Waals surface area contributed by atoms with Crippen LogP contribution >= 0.6 is 0 Å². The molecule has 0 bridgehead atoms. The van der Waals surface area contributed by atoms with Gasteiger partial charge in [0.15, 0.2) is 23.6 Å². The summed E-state index contributed by atoms with van der Waals surface area (Å²) < 4.78 is 57.3. The molecule has 0 fully saturated rings. The summed E-state index contributed by atoms with van der Waals surface area (Å²) in [4.78, 5) is 20.1. The Balaban J connectivity index is 1.68. The summed E-state index contributed by atoms with van der Waals surface area (Å²) in [5.74, 6) is -6.08. The average Bonchev–Trinajstić information content (AvgIpc) is 3.08. The number of nitrogens with two attached hydrogens (primary N) is 1. The fourth-order valence-corrected chi connectivity index (χ4v) is 3.17. The van der Waals surface area contributed by atoms with Gasteiger partial charge in [0.2, 0.25) is 0 Å². The molecule has 0 saturated carbocycles. The number of amides is 1. The summed E-state index contributed by atoms with van der Waals surface area (Å²) >= 11 is 0. The van der Waals surface area contributed by atoms with Gasteiger partial charge in [-0.3, -0.25) is 4.79 Å². The smallest absolute Gasteiger partial charge is 0.257 e. The number of aliphatic hydroxyl groups excluding tert-OH is 1. The molecule has 1 atom stereocenters. The molecule has 1 amide bonds. The second kappa shape index (κ2) is 7.89. The third-order valence-corrected chi connectivity index (χ3v) is 4.65. The number of hydrogen-bond donors (Lipinski definition) is 3.